The fourth-order valence-corrected chi connectivity index (χ4v) is 2.48. The number of rotatable bonds is 8. The van der Waals surface area contributed by atoms with Crippen LogP contribution < -0.4 is 10.5 Å². The van der Waals surface area contributed by atoms with Crippen molar-refractivity contribution in [3.63, 3.8) is 0 Å². The van der Waals surface area contributed by atoms with E-state index in [9.17, 15) is 9.59 Å². The first-order chi connectivity index (χ1) is 12.3. The maximum absolute atomic E-state index is 11.8. The normalized spacial score (nSPS) is 11.7. The number of nitrogens with zero attached hydrogens (tertiary/aromatic N) is 1. The third kappa shape index (κ3) is 5.89. The van der Waals surface area contributed by atoms with Crippen molar-refractivity contribution >= 4 is 11.9 Å². The average molecular weight is 356 g/mol. The van der Waals surface area contributed by atoms with E-state index in [1.165, 1.54) is 4.90 Å². The minimum absolute atomic E-state index is 0.103. The molecule has 1 unspecified atom stereocenters. The van der Waals surface area contributed by atoms with E-state index in [1.54, 1.807) is 14.1 Å². The molecule has 3 N–H and O–H groups in total. The van der Waals surface area contributed by atoms with E-state index in [0.717, 1.165) is 11.1 Å². The zero-order valence-electron chi connectivity index (χ0n) is 15.0. The van der Waals surface area contributed by atoms with E-state index < -0.39 is 12.0 Å². The number of likely N-dealkylation sites (N-methyl/N-ethyl adjacent to an activating group) is 1. The van der Waals surface area contributed by atoms with Crippen LogP contribution in [0.4, 0.5) is 0 Å². The van der Waals surface area contributed by atoms with Gasteiger partial charge in [0.15, 0.2) is 0 Å². The Bertz CT molecular complexity index is 739. The number of benzene rings is 2. The van der Waals surface area contributed by atoms with Crippen LogP contribution in [0.25, 0.3) is 0 Å². The minimum atomic E-state index is -0.808. The number of carboxylic acid groups (broad SMARTS) is 1. The van der Waals surface area contributed by atoms with Gasteiger partial charge in [-0.2, -0.15) is 0 Å². The van der Waals surface area contributed by atoms with Crippen molar-refractivity contribution in [1.82, 2.24) is 4.90 Å². The van der Waals surface area contributed by atoms with Crippen molar-refractivity contribution in [3.05, 3.63) is 59.7 Å². The molecule has 0 saturated carbocycles. The van der Waals surface area contributed by atoms with Crippen LogP contribution in [0.5, 0.6) is 11.5 Å². The summed E-state index contributed by atoms with van der Waals surface area (Å²) in [6.07, 6.45) is 1.08. The average Bonchev–Trinajstić information content (AvgIpc) is 2.62. The Morgan fingerprint density at radius 2 is 1.50 bits per heavy atom. The highest BCUT2D eigenvalue weighted by Gasteiger charge is 2.15. The highest BCUT2D eigenvalue weighted by atomic mass is 16.5. The Balaban J connectivity index is 1.92. The van der Waals surface area contributed by atoms with E-state index >= 15 is 0 Å². The molecule has 0 fully saturated rings. The van der Waals surface area contributed by atoms with Gasteiger partial charge in [-0.25, -0.2) is 0 Å². The van der Waals surface area contributed by atoms with E-state index in [1.807, 2.05) is 48.5 Å². The fourth-order valence-electron chi connectivity index (χ4n) is 2.48. The summed E-state index contributed by atoms with van der Waals surface area (Å²) in [5.74, 6) is 0.446. The Labute approximate surface area is 153 Å². The van der Waals surface area contributed by atoms with Gasteiger partial charge in [-0.15, -0.1) is 0 Å². The number of hydrogen-bond acceptors (Lipinski definition) is 4. The van der Waals surface area contributed by atoms with Crippen LogP contribution in [0.1, 0.15) is 17.5 Å². The molecule has 0 radical (unpaired) electrons. The number of carbonyl (C=O) groups is 2. The van der Waals surface area contributed by atoms with Gasteiger partial charge in [0.2, 0.25) is 5.91 Å². The maximum Gasteiger partial charge on any atom is 0.303 e. The van der Waals surface area contributed by atoms with Gasteiger partial charge in [0.05, 0.1) is 6.04 Å². The number of amides is 1. The first-order valence-corrected chi connectivity index (χ1v) is 8.39. The van der Waals surface area contributed by atoms with E-state index in [4.69, 9.17) is 15.6 Å². The molecule has 0 bridgehead atoms. The number of ether oxygens (including phenoxy) is 1. The molecule has 2 rings (SSSR count). The summed E-state index contributed by atoms with van der Waals surface area (Å²) in [5.41, 5.74) is 7.83. The number of nitrogens with two attached hydrogens (primary N) is 1. The topological polar surface area (TPSA) is 92.9 Å². The molecular weight excluding hydrogens is 332 g/mol. The molecule has 0 aliphatic heterocycles. The Hall–Kier alpha value is -2.86. The van der Waals surface area contributed by atoms with E-state index in [0.29, 0.717) is 24.3 Å². The lowest BCUT2D eigenvalue weighted by atomic mass is 10.1. The van der Waals surface area contributed by atoms with E-state index in [-0.39, 0.29) is 12.3 Å². The summed E-state index contributed by atoms with van der Waals surface area (Å²) < 4.78 is 5.78. The molecule has 0 aromatic heterocycles. The standard InChI is InChI=1S/C20H24N2O4/c1-22(2)20(25)18(21)13-15-5-10-17(11-6-15)26-16-8-3-14(4-9-16)7-12-19(23)24/h3-6,8-11,18H,7,12-13,21H2,1-2H3,(H,23,24). The monoisotopic (exact) mass is 356 g/mol. The fraction of sp³-hybridized carbons (Fsp3) is 0.300. The number of aryl methyl sites for hydroxylation is 1. The van der Waals surface area contributed by atoms with Gasteiger partial charge in [-0.1, -0.05) is 24.3 Å². The molecule has 1 atom stereocenters. The molecule has 0 aliphatic rings. The minimum Gasteiger partial charge on any atom is -0.481 e. The zero-order chi connectivity index (χ0) is 19.1. The van der Waals surface area contributed by atoms with Gasteiger partial charge in [0.25, 0.3) is 0 Å². The Morgan fingerprint density at radius 3 is 1.96 bits per heavy atom. The summed E-state index contributed by atoms with van der Waals surface area (Å²) in [4.78, 5) is 23.9. The third-order valence-corrected chi connectivity index (χ3v) is 3.92. The summed E-state index contributed by atoms with van der Waals surface area (Å²) in [7, 11) is 3.37. The lowest BCUT2D eigenvalue weighted by molar-refractivity contribution is -0.137. The molecule has 2 aromatic carbocycles. The predicted molar refractivity (Wildman–Crippen MR) is 99.3 cm³/mol. The van der Waals surface area contributed by atoms with Gasteiger partial charge < -0.3 is 20.5 Å². The van der Waals surface area contributed by atoms with Crippen LogP contribution in [0.3, 0.4) is 0 Å². The van der Waals surface area contributed by atoms with Crippen molar-refractivity contribution in [3.8, 4) is 11.5 Å². The second-order valence-corrected chi connectivity index (χ2v) is 6.33. The van der Waals surface area contributed by atoms with Crippen LogP contribution in [-0.2, 0) is 22.4 Å². The Kier molecular flexibility index (Phi) is 6.74. The van der Waals surface area contributed by atoms with Crippen molar-refractivity contribution in [2.75, 3.05) is 14.1 Å². The molecule has 2 aromatic rings. The first-order valence-electron chi connectivity index (χ1n) is 8.39. The van der Waals surface area contributed by atoms with Gasteiger partial charge in [0, 0.05) is 20.5 Å². The third-order valence-electron chi connectivity index (χ3n) is 3.92. The van der Waals surface area contributed by atoms with Gasteiger partial charge in [-0.3, -0.25) is 9.59 Å². The van der Waals surface area contributed by atoms with Crippen LogP contribution in [0, 0.1) is 0 Å². The molecule has 1 amide bonds. The number of carboxylic acids is 1. The van der Waals surface area contributed by atoms with Crippen molar-refractivity contribution in [2.45, 2.75) is 25.3 Å². The van der Waals surface area contributed by atoms with Crippen LogP contribution in [0.2, 0.25) is 0 Å². The van der Waals surface area contributed by atoms with Crippen LogP contribution in [-0.4, -0.2) is 42.0 Å². The highest BCUT2D eigenvalue weighted by Crippen LogP contribution is 2.22. The maximum atomic E-state index is 11.8. The second kappa shape index (κ2) is 9.01. The summed E-state index contributed by atoms with van der Waals surface area (Å²) >= 11 is 0. The molecule has 0 heterocycles. The first kappa shape index (κ1) is 19.5. The molecule has 0 spiro atoms. The number of carbonyl (C=O) groups excluding carboxylic acids is 1. The quantitative estimate of drug-likeness (QED) is 0.758. The summed E-state index contributed by atoms with van der Waals surface area (Å²) in [5, 5.41) is 8.71. The Morgan fingerprint density at radius 1 is 1.00 bits per heavy atom. The molecule has 138 valence electrons. The highest BCUT2D eigenvalue weighted by molar-refractivity contribution is 5.81. The molecule has 0 aliphatic carbocycles. The van der Waals surface area contributed by atoms with Crippen molar-refractivity contribution < 1.29 is 19.4 Å². The number of aliphatic carboxylic acids is 1. The van der Waals surface area contributed by atoms with Crippen molar-refractivity contribution in [2.24, 2.45) is 5.73 Å². The second-order valence-electron chi connectivity index (χ2n) is 6.33. The summed E-state index contributed by atoms with van der Waals surface area (Å²) in [6.45, 7) is 0. The van der Waals surface area contributed by atoms with Gasteiger partial charge in [-0.05, 0) is 48.2 Å². The molecule has 6 nitrogen and oxygen atoms in total. The van der Waals surface area contributed by atoms with Gasteiger partial charge >= 0.3 is 5.97 Å². The SMILES string of the molecule is CN(C)C(=O)C(N)Cc1ccc(Oc2ccc(CCC(=O)O)cc2)cc1. The molecule has 6 heteroatoms. The lowest BCUT2D eigenvalue weighted by Crippen LogP contribution is -2.41. The number of hydrogen-bond donors (Lipinski definition) is 2. The van der Waals surface area contributed by atoms with Crippen LogP contribution in [0.15, 0.2) is 48.5 Å². The molecule has 0 saturated heterocycles. The van der Waals surface area contributed by atoms with E-state index in [2.05, 4.69) is 0 Å². The lowest BCUT2D eigenvalue weighted by Gasteiger charge is -2.16. The zero-order valence-corrected chi connectivity index (χ0v) is 15.0. The molecule has 26 heavy (non-hydrogen) atoms. The smallest absolute Gasteiger partial charge is 0.303 e. The molecular formula is C20H24N2O4. The van der Waals surface area contributed by atoms with Gasteiger partial charge in [0.1, 0.15) is 11.5 Å². The van der Waals surface area contributed by atoms with Crippen LogP contribution >= 0.6 is 0 Å². The predicted octanol–water partition coefficient (Wildman–Crippen LogP) is 2.45. The largest absolute Gasteiger partial charge is 0.481 e. The summed E-state index contributed by atoms with van der Waals surface area (Å²) in [6, 6.07) is 14.2. The van der Waals surface area contributed by atoms with Crippen molar-refractivity contribution in [1.29, 1.82) is 0 Å².